The van der Waals surface area contributed by atoms with Gasteiger partial charge in [-0.1, -0.05) is 11.6 Å². The molecule has 5 heteroatoms. The molecule has 3 nitrogen and oxygen atoms in total. The maximum absolute atomic E-state index is 12.9. The summed E-state index contributed by atoms with van der Waals surface area (Å²) in [6.07, 6.45) is 0. The predicted octanol–water partition coefficient (Wildman–Crippen LogP) is 3.77. The minimum Gasteiger partial charge on any atom is -0.388 e. The van der Waals surface area contributed by atoms with Crippen LogP contribution in [0.2, 0.25) is 5.02 Å². The first-order valence-corrected chi connectivity index (χ1v) is 6.02. The fourth-order valence-electron chi connectivity index (χ4n) is 1.59. The molecular formula is C14H12ClFN2O. The molecule has 19 heavy (non-hydrogen) atoms. The Hall–Kier alpha value is -2.07. The van der Waals surface area contributed by atoms with E-state index in [1.54, 1.807) is 12.1 Å². The zero-order valence-corrected chi connectivity index (χ0v) is 11.0. The summed E-state index contributed by atoms with van der Waals surface area (Å²) in [6, 6.07) is 10.9. The first kappa shape index (κ1) is 13.4. The maximum Gasteiger partial charge on any atom is 0.257 e. The zero-order chi connectivity index (χ0) is 13.8. The summed E-state index contributed by atoms with van der Waals surface area (Å²) in [7, 11) is 1.81. The van der Waals surface area contributed by atoms with E-state index in [1.165, 1.54) is 12.1 Å². The van der Waals surface area contributed by atoms with Crippen molar-refractivity contribution >= 4 is 28.9 Å². The number of nitrogens with one attached hydrogen (secondary N) is 2. The van der Waals surface area contributed by atoms with Crippen molar-refractivity contribution in [3.63, 3.8) is 0 Å². The molecular weight excluding hydrogens is 267 g/mol. The van der Waals surface area contributed by atoms with Crippen molar-refractivity contribution in [3.05, 3.63) is 58.9 Å². The lowest BCUT2D eigenvalue weighted by Gasteiger charge is -2.07. The molecule has 0 bridgehead atoms. The van der Waals surface area contributed by atoms with Gasteiger partial charge < -0.3 is 10.6 Å². The Morgan fingerprint density at radius 2 is 1.74 bits per heavy atom. The monoisotopic (exact) mass is 278 g/mol. The average molecular weight is 279 g/mol. The van der Waals surface area contributed by atoms with Crippen LogP contribution in [0.25, 0.3) is 0 Å². The summed E-state index contributed by atoms with van der Waals surface area (Å²) in [4.78, 5) is 12.0. The van der Waals surface area contributed by atoms with Gasteiger partial charge in [-0.05, 0) is 42.5 Å². The molecule has 2 N–H and O–H groups in total. The molecule has 98 valence electrons. The fraction of sp³-hybridized carbons (Fsp3) is 0.0714. The summed E-state index contributed by atoms with van der Waals surface area (Å²) in [5.74, 6) is -0.845. The van der Waals surface area contributed by atoms with E-state index in [1.807, 2.05) is 19.2 Å². The van der Waals surface area contributed by atoms with E-state index >= 15 is 0 Å². The lowest BCUT2D eigenvalue weighted by atomic mass is 10.2. The molecule has 0 aromatic heterocycles. The van der Waals surface area contributed by atoms with Crippen molar-refractivity contribution in [2.75, 3.05) is 17.7 Å². The van der Waals surface area contributed by atoms with Crippen LogP contribution in [-0.4, -0.2) is 13.0 Å². The highest BCUT2D eigenvalue weighted by Gasteiger charge is 2.11. The predicted molar refractivity (Wildman–Crippen MR) is 75.4 cm³/mol. The number of hydrogen-bond acceptors (Lipinski definition) is 2. The van der Waals surface area contributed by atoms with Crippen LogP contribution in [0.5, 0.6) is 0 Å². The van der Waals surface area contributed by atoms with Crippen molar-refractivity contribution in [3.8, 4) is 0 Å². The van der Waals surface area contributed by atoms with E-state index in [9.17, 15) is 9.18 Å². The van der Waals surface area contributed by atoms with Gasteiger partial charge in [0.1, 0.15) is 5.82 Å². The first-order valence-electron chi connectivity index (χ1n) is 5.64. The normalized spacial score (nSPS) is 10.1. The Labute approximate surface area is 115 Å². The third-order valence-electron chi connectivity index (χ3n) is 2.61. The molecule has 0 unspecified atom stereocenters. The van der Waals surface area contributed by atoms with Crippen molar-refractivity contribution in [2.45, 2.75) is 0 Å². The summed E-state index contributed by atoms with van der Waals surface area (Å²) < 4.78 is 12.9. The number of hydrogen-bond donors (Lipinski definition) is 2. The molecule has 0 saturated heterocycles. The summed E-state index contributed by atoms with van der Waals surface area (Å²) in [5, 5.41) is 5.76. The highest BCUT2D eigenvalue weighted by Crippen LogP contribution is 2.19. The number of halogens is 2. The van der Waals surface area contributed by atoms with E-state index in [0.717, 1.165) is 11.8 Å². The SMILES string of the molecule is CNc1ccc(NC(=O)c2ccc(F)cc2Cl)cc1. The molecule has 2 rings (SSSR count). The van der Waals surface area contributed by atoms with Gasteiger partial charge in [-0.25, -0.2) is 4.39 Å². The maximum atomic E-state index is 12.9. The summed E-state index contributed by atoms with van der Waals surface area (Å²) in [5.41, 5.74) is 1.82. The molecule has 1 amide bonds. The highest BCUT2D eigenvalue weighted by atomic mass is 35.5. The van der Waals surface area contributed by atoms with Crippen LogP contribution in [-0.2, 0) is 0 Å². The van der Waals surface area contributed by atoms with Gasteiger partial charge in [0.15, 0.2) is 0 Å². The van der Waals surface area contributed by atoms with Crippen LogP contribution in [0.15, 0.2) is 42.5 Å². The van der Waals surface area contributed by atoms with E-state index in [0.29, 0.717) is 5.69 Å². The lowest BCUT2D eigenvalue weighted by Crippen LogP contribution is -2.12. The van der Waals surface area contributed by atoms with Crippen LogP contribution in [0.3, 0.4) is 0 Å². The van der Waals surface area contributed by atoms with Crippen LogP contribution < -0.4 is 10.6 Å². The van der Waals surface area contributed by atoms with Crippen molar-refractivity contribution < 1.29 is 9.18 Å². The van der Waals surface area contributed by atoms with Gasteiger partial charge >= 0.3 is 0 Å². The largest absolute Gasteiger partial charge is 0.388 e. The Morgan fingerprint density at radius 3 is 2.32 bits per heavy atom. The van der Waals surface area contributed by atoms with Gasteiger partial charge in [-0.15, -0.1) is 0 Å². The van der Waals surface area contributed by atoms with Crippen LogP contribution in [0.1, 0.15) is 10.4 Å². The van der Waals surface area contributed by atoms with Crippen LogP contribution in [0.4, 0.5) is 15.8 Å². The Morgan fingerprint density at radius 1 is 1.11 bits per heavy atom. The lowest BCUT2D eigenvalue weighted by molar-refractivity contribution is 0.102. The molecule has 0 atom stereocenters. The summed E-state index contributed by atoms with van der Waals surface area (Å²) >= 11 is 5.83. The molecule has 2 aromatic rings. The second kappa shape index (κ2) is 5.71. The van der Waals surface area contributed by atoms with Gasteiger partial charge in [0.05, 0.1) is 10.6 Å². The van der Waals surface area contributed by atoms with Gasteiger partial charge in [0.25, 0.3) is 5.91 Å². The van der Waals surface area contributed by atoms with Gasteiger partial charge in [0, 0.05) is 18.4 Å². The minimum absolute atomic E-state index is 0.0874. The molecule has 0 aliphatic heterocycles. The fourth-order valence-corrected chi connectivity index (χ4v) is 1.85. The smallest absolute Gasteiger partial charge is 0.257 e. The van der Waals surface area contributed by atoms with Gasteiger partial charge in [-0.2, -0.15) is 0 Å². The van der Waals surface area contributed by atoms with Crippen LogP contribution in [0, 0.1) is 5.82 Å². The van der Waals surface area contributed by atoms with E-state index in [2.05, 4.69) is 10.6 Å². The third-order valence-corrected chi connectivity index (χ3v) is 2.92. The third kappa shape index (κ3) is 3.23. The van der Waals surface area contributed by atoms with Crippen molar-refractivity contribution in [1.82, 2.24) is 0 Å². The van der Waals surface area contributed by atoms with E-state index in [4.69, 9.17) is 11.6 Å². The number of amides is 1. The molecule has 0 aliphatic carbocycles. The average Bonchev–Trinajstić information content (AvgIpc) is 2.39. The van der Waals surface area contributed by atoms with Gasteiger partial charge in [-0.3, -0.25) is 4.79 Å². The number of carbonyl (C=O) groups is 1. The molecule has 0 radical (unpaired) electrons. The van der Waals surface area contributed by atoms with Crippen molar-refractivity contribution in [1.29, 1.82) is 0 Å². The number of rotatable bonds is 3. The molecule has 0 fully saturated rings. The van der Waals surface area contributed by atoms with E-state index in [-0.39, 0.29) is 16.5 Å². The quantitative estimate of drug-likeness (QED) is 0.897. The van der Waals surface area contributed by atoms with Crippen LogP contribution >= 0.6 is 11.6 Å². The van der Waals surface area contributed by atoms with E-state index < -0.39 is 5.82 Å². The number of carbonyl (C=O) groups excluding carboxylic acids is 1. The number of benzene rings is 2. The molecule has 0 spiro atoms. The molecule has 2 aromatic carbocycles. The Balaban J connectivity index is 2.15. The first-order chi connectivity index (χ1) is 9.10. The highest BCUT2D eigenvalue weighted by molar-refractivity contribution is 6.34. The minimum atomic E-state index is -0.472. The molecule has 0 saturated carbocycles. The second-order valence-electron chi connectivity index (χ2n) is 3.91. The number of anilines is 2. The zero-order valence-electron chi connectivity index (χ0n) is 10.2. The molecule has 0 heterocycles. The Kier molecular flexibility index (Phi) is 4.02. The van der Waals surface area contributed by atoms with Gasteiger partial charge in [0.2, 0.25) is 0 Å². The van der Waals surface area contributed by atoms with Crippen molar-refractivity contribution in [2.24, 2.45) is 0 Å². The topological polar surface area (TPSA) is 41.1 Å². The summed E-state index contributed by atoms with van der Waals surface area (Å²) in [6.45, 7) is 0. The molecule has 0 aliphatic rings. The Bertz CT molecular complexity index is 599. The standard InChI is InChI=1S/C14H12ClFN2O/c1-17-10-3-5-11(6-4-10)18-14(19)12-7-2-9(16)8-13(12)15/h2-8,17H,1H3,(H,18,19). The second-order valence-corrected chi connectivity index (χ2v) is 4.31.